The molecule has 150 valence electrons. The van der Waals surface area contributed by atoms with E-state index >= 15 is 0 Å². The fourth-order valence-corrected chi connectivity index (χ4v) is 5.50. The zero-order valence-electron chi connectivity index (χ0n) is 15.9. The molecule has 0 bridgehead atoms. The topological polar surface area (TPSA) is 87.7 Å². The average Bonchev–Trinajstić information content (AvgIpc) is 2.69. The van der Waals surface area contributed by atoms with Crippen molar-refractivity contribution in [3.63, 3.8) is 0 Å². The Bertz CT molecular complexity index is 754. The largest absolute Gasteiger partial charge is 0.495 e. The number of ether oxygens (including phenoxy) is 1. The summed E-state index contributed by atoms with van der Waals surface area (Å²) in [7, 11) is -2.20. The molecule has 0 atom stereocenters. The van der Waals surface area contributed by atoms with Crippen LogP contribution < -0.4 is 15.4 Å². The van der Waals surface area contributed by atoms with E-state index in [-0.39, 0.29) is 17.0 Å². The predicted octanol–water partition coefficient (Wildman–Crippen LogP) is 3.32. The third-order valence-electron chi connectivity index (χ3n) is 5.29. The summed E-state index contributed by atoms with van der Waals surface area (Å²) in [6.07, 6.45) is 8.24. The maximum absolute atomic E-state index is 13.0. The lowest BCUT2D eigenvalue weighted by Gasteiger charge is -2.27. The highest BCUT2D eigenvalue weighted by Gasteiger charge is 2.29. The molecule has 1 heterocycles. The smallest absolute Gasteiger partial charge is 0.319 e. The number of nitrogens with one attached hydrogen (secondary N) is 2. The van der Waals surface area contributed by atoms with E-state index < -0.39 is 10.0 Å². The molecule has 3 rings (SSSR count). The first-order chi connectivity index (χ1) is 13.0. The SMILES string of the molecule is COc1ccc(NC(=O)NC2CCCCC2)cc1S(=O)(=O)N1CCCCC1. The highest BCUT2D eigenvalue weighted by Crippen LogP contribution is 2.31. The molecule has 1 aliphatic heterocycles. The fraction of sp³-hybridized carbons (Fsp3) is 0.632. The molecule has 0 aromatic heterocycles. The van der Waals surface area contributed by atoms with Crippen LogP contribution in [0.4, 0.5) is 10.5 Å². The molecule has 0 radical (unpaired) electrons. The molecule has 27 heavy (non-hydrogen) atoms. The monoisotopic (exact) mass is 395 g/mol. The lowest BCUT2D eigenvalue weighted by molar-refractivity contribution is 0.244. The highest BCUT2D eigenvalue weighted by molar-refractivity contribution is 7.89. The zero-order valence-corrected chi connectivity index (χ0v) is 16.7. The molecule has 0 spiro atoms. The van der Waals surface area contributed by atoms with E-state index in [1.54, 1.807) is 12.1 Å². The highest BCUT2D eigenvalue weighted by atomic mass is 32.2. The van der Waals surface area contributed by atoms with Crippen LogP contribution >= 0.6 is 0 Å². The molecule has 2 fully saturated rings. The second-order valence-corrected chi connectivity index (χ2v) is 9.17. The van der Waals surface area contributed by atoms with Crippen molar-refractivity contribution in [2.45, 2.75) is 62.3 Å². The summed E-state index contributed by atoms with van der Waals surface area (Å²) >= 11 is 0. The van der Waals surface area contributed by atoms with Gasteiger partial charge in [0, 0.05) is 24.8 Å². The number of amides is 2. The van der Waals surface area contributed by atoms with Crippen molar-refractivity contribution in [1.82, 2.24) is 9.62 Å². The van der Waals surface area contributed by atoms with Gasteiger partial charge in [-0.2, -0.15) is 4.31 Å². The van der Waals surface area contributed by atoms with Gasteiger partial charge in [0.05, 0.1) is 7.11 Å². The predicted molar refractivity (Wildman–Crippen MR) is 105 cm³/mol. The first-order valence-corrected chi connectivity index (χ1v) is 11.2. The Balaban J connectivity index is 1.75. The van der Waals surface area contributed by atoms with Gasteiger partial charge in [-0.1, -0.05) is 25.7 Å². The average molecular weight is 396 g/mol. The minimum absolute atomic E-state index is 0.0994. The van der Waals surface area contributed by atoms with Gasteiger partial charge in [-0.25, -0.2) is 13.2 Å². The Hall–Kier alpha value is -1.80. The second-order valence-electron chi connectivity index (χ2n) is 7.26. The van der Waals surface area contributed by atoms with Crippen LogP contribution in [0.2, 0.25) is 0 Å². The summed E-state index contributed by atoms with van der Waals surface area (Å²) in [5.74, 6) is 0.291. The van der Waals surface area contributed by atoms with Crippen LogP contribution in [0.25, 0.3) is 0 Å². The number of rotatable bonds is 5. The maximum atomic E-state index is 13.0. The molecule has 1 saturated carbocycles. The van der Waals surface area contributed by atoms with E-state index in [1.165, 1.54) is 23.9 Å². The van der Waals surface area contributed by atoms with Crippen LogP contribution in [0.15, 0.2) is 23.1 Å². The maximum Gasteiger partial charge on any atom is 0.319 e. The fourth-order valence-electron chi connectivity index (χ4n) is 3.80. The van der Waals surface area contributed by atoms with Gasteiger partial charge in [-0.15, -0.1) is 0 Å². The molecule has 2 N–H and O–H groups in total. The van der Waals surface area contributed by atoms with Gasteiger partial charge in [0.2, 0.25) is 10.0 Å². The van der Waals surface area contributed by atoms with Gasteiger partial charge in [0.1, 0.15) is 10.6 Å². The summed E-state index contributed by atoms with van der Waals surface area (Å²) in [6.45, 7) is 1.04. The molecule has 7 nitrogen and oxygen atoms in total. The number of methoxy groups -OCH3 is 1. The number of carbonyl (C=O) groups excluding carboxylic acids is 1. The number of nitrogens with zero attached hydrogens (tertiary/aromatic N) is 1. The van der Waals surface area contributed by atoms with Crippen molar-refractivity contribution in [3.05, 3.63) is 18.2 Å². The van der Waals surface area contributed by atoms with E-state index in [0.29, 0.717) is 24.5 Å². The Morgan fingerprint density at radius 3 is 2.41 bits per heavy atom. The van der Waals surface area contributed by atoms with Crippen molar-refractivity contribution in [2.75, 3.05) is 25.5 Å². The Morgan fingerprint density at radius 2 is 1.74 bits per heavy atom. The van der Waals surface area contributed by atoms with E-state index in [9.17, 15) is 13.2 Å². The summed E-state index contributed by atoms with van der Waals surface area (Å²) in [5.41, 5.74) is 0.444. The van der Waals surface area contributed by atoms with E-state index in [0.717, 1.165) is 44.9 Å². The van der Waals surface area contributed by atoms with Gasteiger partial charge in [0.15, 0.2) is 0 Å². The first-order valence-electron chi connectivity index (χ1n) is 9.76. The summed E-state index contributed by atoms with van der Waals surface area (Å²) in [6, 6.07) is 4.63. The molecule has 1 aromatic carbocycles. The Kier molecular flexibility index (Phi) is 6.59. The van der Waals surface area contributed by atoms with Crippen LogP contribution in [-0.2, 0) is 10.0 Å². The van der Waals surface area contributed by atoms with Gasteiger partial charge in [-0.05, 0) is 43.9 Å². The van der Waals surface area contributed by atoms with Crippen molar-refractivity contribution in [3.8, 4) is 5.75 Å². The standard InChI is InChI=1S/C19H29N3O4S/c1-26-17-11-10-16(21-19(23)20-15-8-4-2-5-9-15)14-18(17)27(24,25)22-12-6-3-7-13-22/h10-11,14-15H,2-9,12-13H2,1H3,(H2,20,21,23). The second kappa shape index (κ2) is 8.93. The summed E-state index contributed by atoms with van der Waals surface area (Å²) in [5, 5.41) is 5.74. The molecular weight excluding hydrogens is 366 g/mol. The minimum atomic E-state index is -3.65. The van der Waals surface area contributed by atoms with Crippen LogP contribution in [0, 0.1) is 0 Å². The van der Waals surface area contributed by atoms with Gasteiger partial charge >= 0.3 is 6.03 Å². The first kappa shape index (κ1) is 19.9. The summed E-state index contributed by atoms with van der Waals surface area (Å²) < 4.78 is 32.8. The third kappa shape index (κ3) is 4.93. The number of anilines is 1. The van der Waals surface area contributed by atoms with Crippen molar-refractivity contribution in [2.24, 2.45) is 0 Å². The van der Waals surface area contributed by atoms with Crippen molar-refractivity contribution in [1.29, 1.82) is 0 Å². The number of hydrogen-bond donors (Lipinski definition) is 2. The zero-order chi connectivity index (χ0) is 19.3. The van der Waals surface area contributed by atoms with Crippen LogP contribution in [0.1, 0.15) is 51.4 Å². The quantitative estimate of drug-likeness (QED) is 0.800. The number of piperidine rings is 1. The van der Waals surface area contributed by atoms with Crippen LogP contribution in [-0.4, -0.2) is 45.0 Å². The Labute approximate surface area is 161 Å². The molecular formula is C19H29N3O4S. The summed E-state index contributed by atoms with van der Waals surface area (Å²) in [4.78, 5) is 12.4. The molecule has 2 aliphatic rings. The molecule has 2 amide bonds. The number of hydrogen-bond acceptors (Lipinski definition) is 4. The number of benzene rings is 1. The normalized spacial score (nSPS) is 19.4. The van der Waals surface area contributed by atoms with Crippen molar-refractivity contribution < 1.29 is 17.9 Å². The molecule has 8 heteroatoms. The molecule has 1 aromatic rings. The molecule has 1 saturated heterocycles. The number of carbonyl (C=O) groups is 1. The van der Waals surface area contributed by atoms with Crippen LogP contribution in [0.3, 0.4) is 0 Å². The lowest BCUT2D eigenvalue weighted by Crippen LogP contribution is -2.39. The molecule has 1 aliphatic carbocycles. The minimum Gasteiger partial charge on any atom is -0.495 e. The van der Waals surface area contributed by atoms with Gasteiger partial charge < -0.3 is 15.4 Å². The number of sulfonamides is 1. The lowest BCUT2D eigenvalue weighted by atomic mass is 9.96. The van der Waals surface area contributed by atoms with Crippen LogP contribution in [0.5, 0.6) is 5.75 Å². The Morgan fingerprint density at radius 1 is 1.07 bits per heavy atom. The van der Waals surface area contributed by atoms with E-state index in [1.807, 2.05) is 0 Å². The van der Waals surface area contributed by atoms with Gasteiger partial charge in [-0.3, -0.25) is 0 Å². The van der Waals surface area contributed by atoms with E-state index in [2.05, 4.69) is 10.6 Å². The molecule has 0 unspecified atom stereocenters. The van der Waals surface area contributed by atoms with Crippen molar-refractivity contribution >= 4 is 21.7 Å². The van der Waals surface area contributed by atoms with E-state index in [4.69, 9.17) is 4.74 Å². The third-order valence-corrected chi connectivity index (χ3v) is 7.21. The number of urea groups is 1. The van der Waals surface area contributed by atoms with Gasteiger partial charge in [0.25, 0.3) is 0 Å².